The smallest absolute Gasteiger partial charge is 0.0468 e. The molecule has 1 fully saturated rings. The lowest BCUT2D eigenvalue weighted by atomic mass is 10.0. The molecule has 2 nitrogen and oxygen atoms in total. The monoisotopic (exact) mass is 174 g/mol. The van der Waals surface area contributed by atoms with Crippen LogP contribution >= 0.6 is 0 Å². The minimum absolute atomic E-state index is 0.250. The van der Waals surface area contributed by atoms with Crippen LogP contribution < -0.4 is 0 Å². The SMILES string of the molecule is CC1CCCCOCC1.CCO. The van der Waals surface area contributed by atoms with E-state index in [4.69, 9.17) is 9.84 Å². The average Bonchev–Trinajstić information content (AvgIpc) is 1.98. The van der Waals surface area contributed by atoms with Gasteiger partial charge >= 0.3 is 0 Å². The summed E-state index contributed by atoms with van der Waals surface area (Å²) in [6.07, 6.45) is 5.30. The molecule has 12 heavy (non-hydrogen) atoms. The molecular formula is C10H22O2. The highest BCUT2D eigenvalue weighted by Crippen LogP contribution is 2.14. The molecule has 1 saturated heterocycles. The third kappa shape index (κ3) is 8.02. The summed E-state index contributed by atoms with van der Waals surface area (Å²) in [4.78, 5) is 0. The highest BCUT2D eigenvalue weighted by molar-refractivity contribution is 4.55. The van der Waals surface area contributed by atoms with Crippen LogP contribution in [0.2, 0.25) is 0 Å². The van der Waals surface area contributed by atoms with Gasteiger partial charge in [-0.25, -0.2) is 0 Å². The second-order valence-corrected chi connectivity index (χ2v) is 3.32. The quantitative estimate of drug-likeness (QED) is 0.610. The maximum Gasteiger partial charge on any atom is 0.0468 e. The normalized spacial score (nSPS) is 24.8. The number of hydrogen-bond donors (Lipinski definition) is 1. The Balaban J connectivity index is 0.000000354. The first kappa shape index (κ1) is 11.9. The summed E-state index contributed by atoms with van der Waals surface area (Å²) in [5, 5.41) is 7.57. The summed E-state index contributed by atoms with van der Waals surface area (Å²) >= 11 is 0. The Morgan fingerprint density at radius 1 is 1.25 bits per heavy atom. The van der Waals surface area contributed by atoms with E-state index in [2.05, 4.69) is 6.92 Å². The van der Waals surface area contributed by atoms with Crippen molar-refractivity contribution in [3.63, 3.8) is 0 Å². The third-order valence-corrected chi connectivity index (χ3v) is 1.99. The predicted molar refractivity (Wildman–Crippen MR) is 51.2 cm³/mol. The molecule has 1 aliphatic heterocycles. The van der Waals surface area contributed by atoms with Crippen molar-refractivity contribution in [3.8, 4) is 0 Å². The van der Waals surface area contributed by atoms with E-state index in [1.165, 1.54) is 25.7 Å². The Morgan fingerprint density at radius 3 is 2.58 bits per heavy atom. The molecule has 1 atom stereocenters. The molecule has 2 heteroatoms. The summed E-state index contributed by atoms with van der Waals surface area (Å²) in [6.45, 7) is 6.22. The van der Waals surface area contributed by atoms with Crippen molar-refractivity contribution >= 4 is 0 Å². The van der Waals surface area contributed by atoms with E-state index in [1.807, 2.05) is 0 Å². The van der Waals surface area contributed by atoms with Crippen LogP contribution in [0, 0.1) is 5.92 Å². The Kier molecular flexibility index (Phi) is 8.95. The first-order valence-electron chi connectivity index (χ1n) is 4.99. The molecule has 1 unspecified atom stereocenters. The molecule has 0 spiro atoms. The molecule has 0 aromatic heterocycles. The largest absolute Gasteiger partial charge is 0.397 e. The molecule has 0 saturated carbocycles. The number of hydrogen-bond acceptors (Lipinski definition) is 2. The Labute approximate surface area is 75.9 Å². The standard InChI is InChI=1S/C8H16O.C2H6O/c1-8-4-2-3-6-9-7-5-8;1-2-3/h8H,2-7H2,1H3;3H,2H2,1H3. The maximum atomic E-state index is 7.57. The highest BCUT2D eigenvalue weighted by atomic mass is 16.5. The molecule has 1 heterocycles. The fourth-order valence-corrected chi connectivity index (χ4v) is 1.23. The van der Waals surface area contributed by atoms with Gasteiger partial charge in [-0.05, 0) is 25.7 Å². The van der Waals surface area contributed by atoms with Crippen LogP contribution in [0.1, 0.15) is 39.5 Å². The van der Waals surface area contributed by atoms with Gasteiger partial charge in [-0.15, -0.1) is 0 Å². The van der Waals surface area contributed by atoms with E-state index < -0.39 is 0 Å². The minimum atomic E-state index is 0.250. The number of aliphatic hydroxyl groups is 1. The second-order valence-electron chi connectivity index (χ2n) is 3.32. The minimum Gasteiger partial charge on any atom is -0.397 e. The van der Waals surface area contributed by atoms with Gasteiger partial charge in [0.15, 0.2) is 0 Å². The zero-order valence-electron chi connectivity index (χ0n) is 8.38. The number of aliphatic hydroxyl groups excluding tert-OH is 1. The van der Waals surface area contributed by atoms with Crippen molar-refractivity contribution in [2.24, 2.45) is 5.92 Å². The lowest BCUT2D eigenvalue weighted by Gasteiger charge is -2.14. The second kappa shape index (κ2) is 9.01. The average molecular weight is 174 g/mol. The van der Waals surface area contributed by atoms with Crippen LogP contribution in [0.4, 0.5) is 0 Å². The molecule has 0 bridgehead atoms. The summed E-state index contributed by atoms with van der Waals surface area (Å²) in [5.74, 6) is 0.894. The van der Waals surface area contributed by atoms with Gasteiger partial charge in [0.25, 0.3) is 0 Å². The van der Waals surface area contributed by atoms with E-state index in [1.54, 1.807) is 6.92 Å². The molecule has 0 aromatic carbocycles. The summed E-state index contributed by atoms with van der Waals surface area (Å²) in [7, 11) is 0. The van der Waals surface area contributed by atoms with Gasteiger partial charge in [-0.1, -0.05) is 19.8 Å². The predicted octanol–water partition coefficient (Wildman–Crippen LogP) is 2.21. The van der Waals surface area contributed by atoms with Crippen molar-refractivity contribution in [3.05, 3.63) is 0 Å². The van der Waals surface area contributed by atoms with E-state index in [0.717, 1.165) is 19.1 Å². The zero-order valence-corrected chi connectivity index (χ0v) is 8.38. The van der Waals surface area contributed by atoms with Gasteiger partial charge < -0.3 is 9.84 Å². The van der Waals surface area contributed by atoms with Crippen LogP contribution in [0.15, 0.2) is 0 Å². The molecule has 0 amide bonds. The number of rotatable bonds is 0. The first-order valence-corrected chi connectivity index (χ1v) is 4.99. The Bertz CT molecular complexity index is 75.9. The van der Waals surface area contributed by atoms with E-state index >= 15 is 0 Å². The lowest BCUT2D eigenvalue weighted by Crippen LogP contribution is -2.07. The maximum absolute atomic E-state index is 7.57. The lowest BCUT2D eigenvalue weighted by molar-refractivity contribution is 0.103. The molecule has 1 rings (SSSR count). The summed E-state index contributed by atoms with van der Waals surface area (Å²) < 4.78 is 5.34. The summed E-state index contributed by atoms with van der Waals surface area (Å²) in [5.41, 5.74) is 0. The van der Waals surface area contributed by atoms with Crippen LogP contribution in [0.5, 0.6) is 0 Å². The topological polar surface area (TPSA) is 29.5 Å². The molecule has 0 aliphatic carbocycles. The molecule has 74 valence electrons. The fraction of sp³-hybridized carbons (Fsp3) is 1.00. The van der Waals surface area contributed by atoms with E-state index in [0.29, 0.717) is 0 Å². The molecular weight excluding hydrogens is 152 g/mol. The van der Waals surface area contributed by atoms with Gasteiger partial charge in [0.2, 0.25) is 0 Å². The van der Waals surface area contributed by atoms with Gasteiger partial charge in [0.1, 0.15) is 0 Å². The molecule has 0 aromatic rings. The molecule has 1 aliphatic rings. The van der Waals surface area contributed by atoms with Gasteiger partial charge in [-0.3, -0.25) is 0 Å². The Morgan fingerprint density at radius 2 is 1.92 bits per heavy atom. The third-order valence-electron chi connectivity index (χ3n) is 1.99. The summed E-state index contributed by atoms with van der Waals surface area (Å²) in [6, 6.07) is 0. The van der Waals surface area contributed by atoms with Gasteiger partial charge in [0, 0.05) is 19.8 Å². The van der Waals surface area contributed by atoms with Crippen molar-refractivity contribution in [2.45, 2.75) is 39.5 Å². The van der Waals surface area contributed by atoms with Crippen LogP contribution in [-0.4, -0.2) is 24.9 Å². The van der Waals surface area contributed by atoms with Crippen molar-refractivity contribution in [1.82, 2.24) is 0 Å². The van der Waals surface area contributed by atoms with Crippen LogP contribution in [0.25, 0.3) is 0 Å². The zero-order chi connectivity index (χ0) is 9.23. The molecule has 0 radical (unpaired) electrons. The van der Waals surface area contributed by atoms with Gasteiger partial charge in [-0.2, -0.15) is 0 Å². The van der Waals surface area contributed by atoms with Crippen molar-refractivity contribution < 1.29 is 9.84 Å². The van der Waals surface area contributed by atoms with Crippen LogP contribution in [-0.2, 0) is 4.74 Å². The Hall–Kier alpha value is -0.0800. The van der Waals surface area contributed by atoms with Crippen molar-refractivity contribution in [1.29, 1.82) is 0 Å². The number of ether oxygens (including phenoxy) is 1. The van der Waals surface area contributed by atoms with Crippen molar-refractivity contribution in [2.75, 3.05) is 19.8 Å². The van der Waals surface area contributed by atoms with E-state index in [-0.39, 0.29) is 6.61 Å². The van der Waals surface area contributed by atoms with E-state index in [9.17, 15) is 0 Å². The molecule has 1 N–H and O–H groups in total. The highest BCUT2D eigenvalue weighted by Gasteiger charge is 2.04. The van der Waals surface area contributed by atoms with Crippen LogP contribution in [0.3, 0.4) is 0 Å². The van der Waals surface area contributed by atoms with Gasteiger partial charge in [0.05, 0.1) is 0 Å². The first-order chi connectivity index (χ1) is 5.81. The fourth-order valence-electron chi connectivity index (χ4n) is 1.23.